The van der Waals surface area contributed by atoms with Gasteiger partial charge in [-0.1, -0.05) is 13.8 Å². The van der Waals surface area contributed by atoms with Crippen molar-refractivity contribution in [3.05, 3.63) is 11.9 Å². The van der Waals surface area contributed by atoms with Gasteiger partial charge in [-0.3, -0.25) is 4.68 Å². The number of carboxylic acid groups (broad SMARTS) is 1. The van der Waals surface area contributed by atoms with Crippen molar-refractivity contribution in [1.82, 2.24) is 9.78 Å². The molecule has 3 N–H and O–H groups in total. The number of aryl methyl sites for hydroxylation is 1. The van der Waals surface area contributed by atoms with Crippen LogP contribution in [0.25, 0.3) is 0 Å². The average Bonchev–Trinajstić information content (AvgIpc) is 2.46. The van der Waals surface area contributed by atoms with Gasteiger partial charge in [0.25, 0.3) is 0 Å². The first kappa shape index (κ1) is 11.6. The van der Waals surface area contributed by atoms with Crippen LogP contribution in [-0.2, 0) is 6.54 Å². The maximum atomic E-state index is 10.7. The molecule has 1 heterocycles. The van der Waals surface area contributed by atoms with Gasteiger partial charge in [-0.2, -0.15) is 5.10 Å². The Morgan fingerprint density at radius 1 is 1.67 bits per heavy atom. The normalized spacial score (nSPS) is 10.9. The summed E-state index contributed by atoms with van der Waals surface area (Å²) in [7, 11) is 0. The summed E-state index contributed by atoms with van der Waals surface area (Å²) < 4.78 is 1.60. The second-order valence-electron chi connectivity index (χ2n) is 4.04. The maximum absolute atomic E-state index is 10.7. The number of aromatic nitrogens is 2. The molecule has 1 rings (SSSR count). The van der Waals surface area contributed by atoms with E-state index in [2.05, 4.69) is 18.9 Å². The predicted molar refractivity (Wildman–Crippen MR) is 57.7 cm³/mol. The highest BCUT2D eigenvalue weighted by Gasteiger charge is 2.12. The molecule has 0 fully saturated rings. The molecule has 0 amide bonds. The van der Waals surface area contributed by atoms with Crippen LogP contribution < -0.4 is 5.73 Å². The molecule has 5 heteroatoms. The van der Waals surface area contributed by atoms with E-state index in [1.165, 1.54) is 0 Å². The number of nitrogens with two attached hydrogens (primary N) is 1. The smallest absolute Gasteiger partial charge is 0.358 e. The highest BCUT2D eigenvalue weighted by molar-refractivity contribution is 5.91. The number of hydrogen-bond donors (Lipinski definition) is 2. The largest absolute Gasteiger partial charge is 0.476 e. The fraction of sp³-hybridized carbons (Fsp3) is 0.600. The summed E-state index contributed by atoms with van der Waals surface area (Å²) in [5, 5.41) is 12.6. The fourth-order valence-electron chi connectivity index (χ4n) is 1.38. The Bertz CT molecular complexity index is 344. The van der Waals surface area contributed by atoms with Crippen LogP contribution >= 0.6 is 0 Å². The summed E-state index contributed by atoms with van der Waals surface area (Å²) in [5.74, 6) is -0.424. The first-order chi connectivity index (χ1) is 7.00. The number of aromatic carboxylic acids is 1. The molecular formula is C10H17N3O2. The minimum absolute atomic E-state index is 0.0560. The molecule has 0 bridgehead atoms. The van der Waals surface area contributed by atoms with Crippen molar-refractivity contribution in [3.63, 3.8) is 0 Å². The van der Waals surface area contributed by atoms with E-state index in [9.17, 15) is 4.79 Å². The molecule has 15 heavy (non-hydrogen) atoms. The number of carbonyl (C=O) groups is 1. The molecule has 5 nitrogen and oxygen atoms in total. The van der Waals surface area contributed by atoms with Crippen molar-refractivity contribution < 1.29 is 9.90 Å². The van der Waals surface area contributed by atoms with Crippen LogP contribution in [-0.4, -0.2) is 20.9 Å². The molecule has 1 aromatic rings. The summed E-state index contributed by atoms with van der Waals surface area (Å²) >= 11 is 0. The number of nitrogen functional groups attached to an aromatic ring is 1. The minimum Gasteiger partial charge on any atom is -0.476 e. The van der Waals surface area contributed by atoms with E-state index in [1.807, 2.05) is 0 Å². The molecule has 84 valence electrons. The number of nitrogens with zero attached hydrogens (tertiary/aromatic N) is 2. The molecule has 0 aliphatic rings. The summed E-state index contributed by atoms with van der Waals surface area (Å²) in [6.45, 7) is 5.02. The van der Waals surface area contributed by atoms with E-state index in [-0.39, 0.29) is 11.4 Å². The molecule has 0 spiro atoms. The van der Waals surface area contributed by atoms with Crippen molar-refractivity contribution in [1.29, 1.82) is 0 Å². The summed E-state index contributed by atoms with van der Waals surface area (Å²) in [6.07, 6.45) is 3.66. The maximum Gasteiger partial charge on any atom is 0.358 e. The number of anilines is 1. The predicted octanol–water partition coefficient (Wildman–Crippen LogP) is 1.60. The first-order valence-electron chi connectivity index (χ1n) is 5.07. The van der Waals surface area contributed by atoms with E-state index in [4.69, 9.17) is 10.8 Å². The Morgan fingerprint density at radius 3 is 2.80 bits per heavy atom. The fourth-order valence-corrected chi connectivity index (χ4v) is 1.38. The van der Waals surface area contributed by atoms with Crippen molar-refractivity contribution in [2.75, 3.05) is 5.73 Å². The van der Waals surface area contributed by atoms with Crippen LogP contribution in [0.2, 0.25) is 0 Å². The molecule has 0 atom stereocenters. The second kappa shape index (κ2) is 4.82. The van der Waals surface area contributed by atoms with Gasteiger partial charge in [0.05, 0.1) is 5.69 Å². The zero-order valence-corrected chi connectivity index (χ0v) is 9.10. The van der Waals surface area contributed by atoms with Gasteiger partial charge < -0.3 is 10.8 Å². The van der Waals surface area contributed by atoms with Crippen LogP contribution in [0, 0.1) is 5.92 Å². The van der Waals surface area contributed by atoms with Crippen LogP contribution in [0.5, 0.6) is 0 Å². The van der Waals surface area contributed by atoms with E-state index < -0.39 is 5.97 Å². The molecule has 0 aliphatic heterocycles. The molecule has 0 aromatic carbocycles. The number of rotatable bonds is 5. The van der Waals surface area contributed by atoms with Gasteiger partial charge in [0.1, 0.15) is 0 Å². The van der Waals surface area contributed by atoms with E-state index in [1.54, 1.807) is 10.9 Å². The van der Waals surface area contributed by atoms with Crippen molar-refractivity contribution in [2.24, 2.45) is 5.92 Å². The molecule has 0 saturated heterocycles. The molecular weight excluding hydrogens is 194 g/mol. The minimum atomic E-state index is -1.07. The lowest BCUT2D eigenvalue weighted by molar-refractivity contribution is 0.0690. The van der Waals surface area contributed by atoms with Crippen molar-refractivity contribution >= 4 is 11.7 Å². The molecule has 0 radical (unpaired) electrons. The molecule has 1 aromatic heterocycles. The third kappa shape index (κ3) is 3.27. The quantitative estimate of drug-likeness (QED) is 0.775. The Balaban J connectivity index is 2.56. The van der Waals surface area contributed by atoms with Crippen LogP contribution in [0.15, 0.2) is 6.20 Å². The third-order valence-corrected chi connectivity index (χ3v) is 2.16. The highest BCUT2D eigenvalue weighted by Crippen LogP contribution is 2.11. The zero-order chi connectivity index (χ0) is 11.4. The summed E-state index contributed by atoms with van der Waals surface area (Å²) in [6, 6.07) is 0. The van der Waals surface area contributed by atoms with Crippen molar-refractivity contribution in [2.45, 2.75) is 33.2 Å². The van der Waals surface area contributed by atoms with Gasteiger partial charge in [0.15, 0.2) is 5.69 Å². The molecule has 0 unspecified atom stereocenters. The Kier molecular flexibility index (Phi) is 3.71. The standard InChI is InChI=1S/C10H17N3O2/c1-7(2)4-3-5-13-6-8(11)9(12-13)10(14)15/h6-7H,3-5,11H2,1-2H3,(H,14,15). The lowest BCUT2D eigenvalue weighted by Crippen LogP contribution is -2.04. The van der Waals surface area contributed by atoms with Crippen LogP contribution in [0.3, 0.4) is 0 Å². The van der Waals surface area contributed by atoms with Gasteiger partial charge in [-0.05, 0) is 18.8 Å². The van der Waals surface area contributed by atoms with Gasteiger partial charge >= 0.3 is 5.97 Å². The Morgan fingerprint density at radius 2 is 2.33 bits per heavy atom. The second-order valence-corrected chi connectivity index (χ2v) is 4.04. The lowest BCUT2D eigenvalue weighted by atomic mass is 10.1. The number of hydrogen-bond acceptors (Lipinski definition) is 3. The monoisotopic (exact) mass is 211 g/mol. The van der Waals surface area contributed by atoms with E-state index in [0.29, 0.717) is 5.92 Å². The Labute approximate surface area is 88.9 Å². The zero-order valence-electron chi connectivity index (χ0n) is 9.10. The first-order valence-corrected chi connectivity index (χ1v) is 5.07. The van der Waals surface area contributed by atoms with E-state index >= 15 is 0 Å². The molecule has 0 aliphatic carbocycles. The van der Waals surface area contributed by atoms with Crippen LogP contribution in [0.1, 0.15) is 37.2 Å². The van der Waals surface area contributed by atoms with Gasteiger partial charge in [0.2, 0.25) is 0 Å². The van der Waals surface area contributed by atoms with Gasteiger partial charge in [0, 0.05) is 12.7 Å². The highest BCUT2D eigenvalue weighted by atomic mass is 16.4. The lowest BCUT2D eigenvalue weighted by Gasteiger charge is -2.03. The van der Waals surface area contributed by atoms with Crippen LogP contribution in [0.4, 0.5) is 5.69 Å². The Hall–Kier alpha value is -1.52. The topological polar surface area (TPSA) is 81.1 Å². The molecule has 0 saturated carbocycles. The third-order valence-electron chi connectivity index (χ3n) is 2.16. The summed E-state index contributed by atoms with van der Waals surface area (Å²) in [4.78, 5) is 10.7. The summed E-state index contributed by atoms with van der Waals surface area (Å²) in [5.41, 5.74) is 5.68. The SMILES string of the molecule is CC(C)CCCn1cc(N)c(C(=O)O)n1. The van der Waals surface area contributed by atoms with Crippen molar-refractivity contribution in [3.8, 4) is 0 Å². The van der Waals surface area contributed by atoms with Gasteiger partial charge in [-0.25, -0.2) is 4.79 Å². The van der Waals surface area contributed by atoms with E-state index in [0.717, 1.165) is 19.4 Å². The average molecular weight is 211 g/mol. The van der Waals surface area contributed by atoms with Gasteiger partial charge in [-0.15, -0.1) is 0 Å². The number of carboxylic acids is 1.